The first-order valence-corrected chi connectivity index (χ1v) is 15.1. The number of fused-ring (bicyclic) bond motifs is 6. The Morgan fingerprint density at radius 2 is 0.846 bits per heavy atom. The highest BCUT2D eigenvalue weighted by Gasteiger charge is 2.30. The summed E-state index contributed by atoms with van der Waals surface area (Å²) in [6.45, 7) is 0. The van der Waals surface area contributed by atoms with Crippen molar-refractivity contribution < 1.29 is 0 Å². The van der Waals surface area contributed by atoms with E-state index < -0.39 is 7.92 Å². The van der Waals surface area contributed by atoms with Crippen molar-refractivity contribution in [2.75, 3.05) is 0 Å². The molecule has 2 aliphatic carbocycles. The molecule has 0 bridgehead atoms. The molecule has 0 amide bonds. The second-order valence-corrected chi connectivity index (χ2v) is 12.7. The number of rotatable bonds is 4. The highest BCUT2D eigenvalue weighted by molar-refractivity contribution is 7.80. The summed E-state index contributed by atoms with van der Waals surface area (Å²) >= 11 is 0. The third-order valence-corrected chi connectivity index (χ3v) is 10.8. The van der Waals surface area contributed by atoms with Crippen molar-refractivity contribution in [3.8, 4) is 33.4 Å². The molecule has 0 atom stereocenters. The molecule has 0 saturated carbocycles. The average Bonchev–Trinajstić information content (AvgIpc) is 3.57. The van der Waals surface area contributed by atoms with E-state index >= 15 is 0 Å². The maximum atomic E-state index is 2.45. The van der Waals surface area contributed by atoms with Crippen LogP contribution in [0.1, 0.15) is 22.3 Å². The lowest BCUT2D eigenvalue weighted by atomic mass is 9.90. The molecule has 8 rings (SSSR count). The quantitative estimate of drug-likeness (QED) is 0.207. The summed E-state index contributed by atoms with van der Waals surface area (Å²) in [4.78, 5) is 0. The number of hydrogen-bond acceptors (Lipinski definition) is 0. The van der Waals surface area contributed by atoms with Crippen LogP contribution in [0.5, 0.6) is 0 Å². The van der Waals surface area contributed by atoms with Gasteiger partial charge in [-0.15, -0.1) is 0 Å². The van der Waals surface area contributed by atoms with Crippen molar-refractivity contribution in [3.05, 3.63) is 162 Å². The molecular formula is C38H27P. The lowest BCUT2D eigenvalue weighted by Gasteiger charge is -2.25. The molecule has 6 aromatic rings. The van der Waals surface area contributed by atoms with Crippen LogP contribution in [0, 0.1) is 0 Å². The predicted molar refractivity (Wildman–Crippen MR) is 167 cm³/mol. The minimum Gasteiger partial charge on any atom is -0.0622 e. The van der Waals surface area contributed by atoms with Crippen LogP contribution >= 0.6 is 7.92 Å². The van der Waals surface area contributed by atoms with Crippen LogP contribution in [0.25, 0.3) is 33.4 Å². The molecule has 0 heterocycles. The Morgan fingerprint density at radius 3 is 1.49 bits per heavy atom. The molecular weight excluding hydrogens is 487 g/mol. The Balaban J connectivity index is 1.44. The molecule has 0 unspecified atom stereocenters. The van der Waals surface area contributed by atoms with Gasteiger partial charge in [-0.3, -0.25) is 0 Å². The van der Waals surface area contributed by atoms with Gasteiger partial charge >= 0.3 is 0 Å². The van der Waals surface area contributed by atoms with Gasteiger partial charge in [-0.2, -0.15) is 0 Å². The van der Waals surface area contributed by atoms with Gasteiger partial charge in [0, 0.05) is 0 Å². The minimum atomic E-state index is -0.738. The molecule has 6 aromatic carbocycles. The van der Waals surface area contributed by atoms with Gasteiger partial charge in [0.15, 0.2) is 0 Å². The normalized spacial score (nSPS) is 12.6. The van der Waals surface area contributed by atoms with Gasteiger partial charge in [-0.25, -0.2) is 0 Å². The molecule has 0 radical (unpaired) electrons. The molecule has 0 N–H and O–H groups in total. The summed E-state index contributed by atoms with van der Waals surface area (Å²) in [5, 5.41) is 4.25. The van der Waals surface area contributed by atoms with Crippen LogP contribution in [-0.2, 0) is 12.8 Å². The van der Waals surface area contributed by atoms with Crippen molar-refractivity contribution in [2.24, 2.45) is 0 Å². The first-order valence-electron chi connectivity index (χ1n) is 13.7. The van der Waals surface area contributed by atoms with E-state index in [0.29, 0.717) is 0 Å². The Morgan fingerprint density at radius 1 is 0.359 bits per heavy atom. The summed E-state index contributed by atoms with van der Waals surface area (Å²) in [5.41, 5.74) is 14.3. The third-order valence-electron chi connectivity index (χ3n) is 8.36. The summed E-state index contributed by atoms with van der Waals surface area (Å²) < 4.78 is 0. The maximum absolute atomic E-state index is 2.45. The van der Waals surface area contributed by atoms with Gasteiger partial charge < -0.3 is 0 Å². The smallest absolute Gasteiger partial charge is 0.000704 e. The zero-order valence-corrected chi connectivity index (χ0v) is 22.5. The van der Waals surface area contributed by atoms with Crippen molar-refractivity contribution >= 4 is 23.8 Å². The monoisotopic (exact) mass is 514 g/mol. The molecule has 0 aliphatic heterocycles. The van der Waals surface area contributed by atoms with E-state index in [4.69, 9.17) is 0 Å². The average molecular weight is 515 g/mol. The van der Waals surface area contributed by atoms with E-state index in [-0.39, 0.29) is 0 Å². The zero-order valence-electron chi connectivity index (χ0n) is 21.6. The predicted octanol–water partition coefficient (Wildman–Crippen LogP) is 8.25. The largest absolute Gasteiger partial charge is 0.0622 e. The van der Waals surface area contributed by atoms with Gasteiger partial charge in [0.1, 0.15) is 0 Å². The van der Waals surface area contributed by atoms with Crippen LogP contribution in [-0.4, -0.2) is 0 Å². The Hall–Kier alpha value is -4.25. The van der Waals surface area contributed by atoms with Crippen molar-refractivity contribution in [2.45, 2.75) is 12.8 Å². The number of benzene rings is 6. The Bertz CT molecular complexity index is 1810. The highest BCUT2D eigenvalue weighted by Crippen LogP contribution is 2.49. The van der Waals surface area contributed by atoms with E-state index in [1.54, 1.807) is 0 Å². The van der Waals surface area contributed by atoms with E-state index in [2.05, 4.69) is 140 Å². The molecule has 2 aliphatic rings. The lowest BCUT2D eigenvalue weighted by molar-refractivity contribution is 1.24. The fourth-order valence-corrected chi connectivity index (χ4v) is 9.16. The first-order chi connectivity index (χ1) is 19.4. The van der Waals surface area contributed by atoms with Gasteiger partial charge in [-0.05, 0) is 92.3 Å². The Labute approximate surface area is 231 Å². The fraction of sp³-hybridized carbons (Fsp3) is 0.0526. The summed E-state index contributed by atoms with van der Waals surface area (Å²) in [6.07, 6.45) is 1.98. The second kappa shape index (κ2) is 9.19. The lowest BCUT2D eigenvalue weighted by Crippen LogP contribution is -2.23. The number of hydrogen-bond donors (Lipinski definition) is 0. The minimum absolute atomic E-state index is 0.738. The molecule has 1 heteroatoms. The van der Waals surface area contributed by atoms with Gasteiger partial charge in [-0.1, -0.05) is 140 Å². The first kappa shape index (κ1) is 22.7. The fourth-order valence-electron chi connectivity index (χ4n) is 6.66. The molecule has 0 fully saturated rings. The summed E-state index contributed by atoms with van der Waals surface area (Å²) in [5.74, 6) is 0. The van der Waals surface area contributed by atoms with Crippen LogP contribution in [0.3, 0.4) is 0 Å². The van der Waals surface area contributed by atoms with E-state index in [9.17, 15) is 0 Å². The molecule has 0 saturated heterocycles. The molecule has 184 valence electrons. The van der Waals surface area contributed by atoms with E-state index in [1.807, 2.05) is 0 Å². The van der Waals surface area contributed by atoms with Gasteiger partial charge in [0.25, 0.3) is 0 Å². The van der Waals surface area contributed by atoms with Crippen LogP contribution < -0.4 is 15.9 Å². The molecule has 39 heavy (non-hydrogen) atoms. The zero-order chi connectivity index (χ0) is 25.8. The van der Waals surface area contributed by atoms with Crippen molar-refractivity contribution in [1.82, 2.24) is 0 Å². The van der Waals surface area contributed by atoms with Gasteiger partial charge in [0.05, 0.1) is 0 Å². The van der Waals surface area contributed by atoms with Gasteiger partial charge in [0.2, 0.25) is 0 Å². The van der Waals surface area contributed by atoms with E-state index in [0.717, 1.165) is 12.8 Å². The van der Waals surface area contributed by atoms with E-state index in [1.165, 1.54) is 71.5 Å². The molecule has 0 aromatic heterocycles. The summed E-state index contributed by atoms with van der Waals surface area (Å²) in [6, 6.07) is 52.0. The van der Waals surface area contributed by atoms with Crippen LogP contribution in [0.15, 0.2) is 140 Å². The molecule has 0 nitrogen and oxygen atoms in total. The van der Waals surface area contributed by atoms with Crippen molar-refractivity contribution in [1.29, 1.82) is 0 Å². The van der Waals surface area contributed by atoms with Crippen LogP contribution in [0.4, 0.5) is 0 Å². The van der Waals surface area contributed by atoms with Crippen LogP contribution in [0.2, 0.25) is 0 Å². The second-order valence-electron chi connectivity index (χ2n) is 10.5. The van der Waals surface area contributed by atoms with Crippen molar-refractivity contribution in [3.63, 3.8) is 0 Å². The third kappa shape index (κ3) is 3.63. The summed E-state index contributed by atoms with van der Waals surface area (Å²) in [7, 11) is -0.738. The SMILES string of the molecule is c1ccc(P(c2ccccc2)c2ccc3c(c2-c2cccc4c2Cc2ccccc2-4)Cc2ccccc2-3)cc1. The maximum Gasteiger partial charge on any atom is -0.000704 e. The topological polar surface area (TPSA) is 0 Å². The molecule has 0 spiro atoms. The highest BCUT2D eigenvalue weighted by atomic mass is 31.1. The standard InChI is InChI=1S/C38H27P/c1-3-14-28(15-4-1)39(29-16-5-2-6-17-29)37-23-22-33-31-19-10-8-13-27(31)25-36(33)38(37)34-21-11-20-32-30-18-9-7-12-26(30)24-35(32)34/h1-23H,24-25H2. The Kier molecular flexibility index (Phi) is 5.35.